The molecule has 140 valence electrons. The number of aromatic nitrogens is 1. The van der Waals surface area contributed by atoms with Crippen molar-refractivity contribution in [2.45, 2.75) is 18.4 Å². The maximum absolute atomic E-state index is 12.6. The smallest absolute Gasteiger partial charge is 0.326 e. The van der Waals surface area contributed by atoms with E-state index in [9.17, 15) is 9.59 Å². The van der Waals surface area contributed by atoms with E-state index in [1.54, 1.807) is 47.5 Å². The van der Waals surface area contributed by atoms with E-state index in [0.29, 0.717) is 22.0 Å². The molecule has 0 aliphatic rings. The molecular weight excluding hydrogens is 404 g/mol. The largest absolute Gasteiger partial charge is 0.465 e. The third kappa shape index (κ3) is 4.61. The van der Waals surface area contributed by atoms with Crippen LogP contribution in [0.1, 0.15) is 17.3 Å². The number of carbonyl (C=O) groups excluding carboxylic acids is 2. The number of hydrogen-bond donors (Lipinski definition) is 0. The van der Waals surface area contributed by atoms with Crippen molar-refractivity contribution in [1.82, 2.24) is 4.57 Å². The van der Waals surface area contributed by atoms with Crippen LogP contribution in [-0.4, -0.2) is 29.3 Å². The van der Waals surface area contributed by atoms with Gasteiger partial charge in [0, 0.05) is 15.5 Å². The van der Waals surface area contributed by atoms with E-state index in [0.717, 1.165) is 15.1 Å². The Kier molecular flexibility index (Phi) is 6.36. The van der Waals surface area contributed by atoms with Crippen LogP contribution < -0.4 is 4.80 Å². The van der Waals surface area contributed by atoms with Crippen LogP contribution in [0.4, 0.5) is 0 Å². The first-order valence-electron chi connectivity index (χ1n) is 8.19. The lowest BCUT2D eigenvalue weighted by molar-refractivity contribution is -0.143. The lowest BCUT2D eigenvalue weighted by Crippen LogP contribution is -2.23. The maximum atomic E-state index is 12.6. The van der Waals surface area contributed by atoms with Crippen molar-refractivity contribution >= 4 is 56.8 Å². The van der Waals surface area contributed by atoms with Gasteiger partial charge in [0.05, 0.1) is 16.8 Å². The molecule has 0 spiro atoms. The Morgan fingerprint density at radius 3 is 2.63 bits per heavy atom. The Hall–Kier alpha value is -2.09. The second-order valence-electron chi connectivity index (χ2n) is 5.53. The number of amides is 1. The van der Waals surface area contributed by atoms with Crippen LogP contribution in [0.2, 0.25) is 5.02 Å². The van der Waals surface area contributed by atoms with Crippen LogP contribution in [0.25, 0.3) is 10.2 Å². The number of halogens is 1. The Morgan fingerprint density at radius 1 is 1.22 bits per heavy atom. The predicted molar refractivity (Wildman–Crippen MR) is 110 cm³/mol. The van der Waals surface area contributed by atoms with Crippen molar-refractivity contribution in [3.8, 4) is 0 Å². The quantitative estimate of drug-likeness (QED) is 0.454. The number of ether oxygens (including phenoxy) is 1. The highest BCUT2D eigenvalue weighted by Gasteiger charge is 2.13. The molecule has 27 heavy (non-hydrogen) atoms. The first-order chi connectivity index (χ1) is 13.0. The summed E-state index contributed by atoms with van der Waals surface area (Å²) in [6.45, 7) is 2.02. The highest BCUT2D eigenvalue weighted by atomic mass is 35.5. The fourth-order valence-electron chi connectivity index (χ4n) is 2.51. The zero-order valence-corrected chi connectivity index (χ0v) is 17.2. The van der Waals surface area contributed by atoms with E-state index in [2.05, 4.69) is 4.99 Å². The second-order valence-corrected chi connectivity index (χ2v) is 7.86. The highest BCUT2D eigenvalue weighted by Crippen LogP contribution is 2.22. The van der Waals surface area contributed by atoms with Gasteiger partial charge in [-0.2, -0.15) is 4.99 Å². The van der Waals surface area contributed by atoms with Gasteiger partial charge in [0.2, 0.25) is 0 Å². The van der Waals surface area contributed by atoms with Gasteiger partial charge in [-0.1, -0.05) is 22.9 Å². The minimum absolute atomic E-state index is 0.0208. The molecule has 2 aromatic carbocycles. The molecule has 3 aromatic rings. The number of carbonyl (C=O) groups is 2. The third-order valence-electron chi connectivity index (χ3n) is 3.77. The van der Waals surface area contributed by atoms with Crippen LogP contribution in [0.3, 0.4) is 0 Å². The summed E-state index contributed by atoms with van der Waals surface area (Å²) in [6, 6.07) is 12.6. The summed E-state index contributed by atoms with van der Waals surface area (Å²) in [4.78, 5) is 30.4. The topological polar surface area (TPSA) is 60.7 Å². The Labute approximate surface area is 169 Å². The van der Waals surface area contributed by atoms with Crippen LogP contribution in [0, 0.1) is 0 Å². The van der Waals surface area contributed by atoms with E-state index < -0.39 is 0 Å². The molecule has 1 amide bonds. The summed E-state index contributed by atoms with van der Waals surface area (Å²) in [5.74, 6) is -0.747. The molecule has 3 rings (SSSR count). The number of benzene rings is 2. The monoisotopic (exact) mass is 420 g/mol. The minimum Gasteiger partial charge on any atom is -0.465 e. The van der Waals surface area contributed by atoms with Gasteiger partial charge in [-0.15, -0.1) is 11.8 Å². The lowest BCUT2D eigenvalue weighted by Gasteiger charge is -2.05. The van der Waals surface area contributed by atoms with Crippen LogP contribution in [0.15, 0.2) is 52.4 Å². The zero-order valence-electron chi connectivity index (χ0n) is 14.8. The Bertz CT molecular complexity index is 1050. The van der Waals surface area contributed by atoms with Gasteiger partial charge in [0.15, 0.2) is 4.80 Å². The second kappa shape index (κ2) is 8.73. The first kappa shape index (κ1) is 19.7. The minimum atomic E-state index is -0.384. The van der Waals surface area contributed by atoms with Gasteiger partial charge in [-0.05, 0) is 55.6 Å². The van der Waals surface area contributed by atoms with Gasteiger partial charge in [0.1, 0.15) is 6.54 Å². The molecule has 0 aliphatic carbocycles. The van der Waals surface area contributed by atoms with Crippen LogP contribution in [-0.2, 0) is 16.1 Å². The van der Waals surface area contributed by atoms with Crippen molar-refractivity contribution in [3.05, 3.63) is 57.9 Å². The maximum Gasteiger partial charge on any atom is 0.326 e. The number of fused-ring (bicyclic) bond motifs is 1. The summed E-state index contributed by atoms with van der Waals surface area (Å²) in [7, 11) is 0. The molecule has 5 nitrogen and oxygen atoms in total. The zero-order chi connectivity index (χ0) is 19.4. The van der Waals surface area contributed by atoms with Crippen molar-refractivity contribution in [2.75, 3.05) is 12.9 Å². The molecule has 0 N–H and O–H groups in total. The van der Waals surface area contributed by atoms with Crippen LogP contribution >= 0.6 is 34.7 Å². The summed E-state index contributed by atoms with van der Waals surface area (Å²) in [5, 5.41) is 0.581. The summed E-state index contributed by atoms with van der Waals surface area (Å²) in [6.07, 6.45) is 1.97. The van der Waals surface area contributed by atoms with Crippen molar-refractivity contribution < 1.29 is 14.3 Å². The van der Waals surface area contributed by atoms with E-state index >= 15 is 0 Å². The van der Waals surface area contributed by atoms with E-state index in [1.165, 1.54) is 11.3 Å². The molecule has 0 fully saturated rings. The molecular formula is C19H17ClN2O3S2. The summed E-state index contributed by atoms with van der Waals surface area (Å²) >= 11 is 8.98. The average Bonchev–Trinajstić information content (AvgIpc) is 2.98. The Balaban J connectivity index is 2.06. The number of thioether (sulfide) groups is 1. The van der Waals surface area contributed by atoms with E-state index in [4.69, 9.17) is 16.3 Å². The molecule has 1 heterocycles. The molecule has 0 atom stereocenters. The molecule has 8 heteroatoms. The molecule has 1 aromatic heterocycles. The van der Waals surface area contributed by atoms with Gasteiger partial charge >= 0.3 is 5.97 Å². The fourth-order valence-corrected chi connectivity index (χ4v) is 4.22. The molecule has 0 aliphatic heterocycles. The number of thiazole rings is 1. The predicted octanol–water partition coefficient (Wildman–Crippen LogP) is 4.38. The summed E-state index contributed by atoms with van der Waals surface area (Å²) < 4.78 is 7.57. The number of rotatable bonds is 5. The van der Waals surface area contributed by atoms with Gasteiger partial charge in [-0.3, -0.25) is 9.59 Å². The normalized spacial score (nSPS) is 11.7. The first-order valence-corrected chi connectivity index (χ1v) is 10.6. The standard InChI is InChI=1S/C19H17ClN2O3S2/c1-3-25-17(23)11-22-15-9-6-13(20)10-16(15)27-19(22)21-18(24)12-4-7-14(26-2)8-5-12/h4-10H,3,11H2,1-2H3. The molecule has 0 unspecified atom stereocenters. The van der Waals surface area contributed by atoms with Gasteiger partial charge in [0.25, 0.3) is 5.91 Å². The van der Waals surface area contributed by atoms with E-state index in [-0.39, 0.29) is 18.4 Å². The molecule has 0 radical (unpaired) electrons. The van der Waals surface area contributed by atoms with Crippen molar-refractivity contribution in [3.63, 3.8) is 0 Å². The van der Waals surface area contributed by atoms with Gasteiger partial charge < -0.3 is 9.30 Å². The number of esters is 1. The Morgan fingerprint density at radius 2 is 1.96 bits per heavy atom. The lowest BCUT2D eigenvalue weighted by atomic mass is 10.2. The van der Waals surface area contributed by atoms with Crippen molar-refractivity contribution in [1.29, 1.82) is 0 Å². The fraction of sp³-hybridized carbons (Fsp3) is 0.211. The number of hydrogen-bond acceptors (Lipinski definition) is 5. The van der Waals surface area contributed by atoms with Gasteiger partial charge in [-0.25, -0.2) is 0 Å². The number of nitrogens with zero attached hydrogens (tertiary/aromatic N) is 2. The highest BCUT2D eigenvalue weighted by molar-refractivity contribution is 7.98. The van der Waals surface area contributed by atoms with Crippen molar-refractivity contribution in [2.24, 2.45) is 4.99 Å². The molecule has 0 saturated carbocycles. The van der Waals surface area contributed by atoms with Crippen LogP contribution in [0.5, 0.6) is 0 Å². The average molecular weight is 421 g/mol. The summed E-state index contributed by atoms with van der Waals surface area (Å²) in [5.41, 5.74) is 1.27. The SMILES string of the molecule is CCOC(=O)Cn1c(=NC(=O)c2ccc(SC)cc2)sc2cc(Cl)ccc21. The molecule has 0 saturated heterocycles. The van der Waals surface area contributed by atoms with E-state index in [1.807, 2.05) is 24.5 Å². The molecule has 0 bridgehead atoms. The third-order valence-corrected chi connectivity index (χ3v) is 5.79.